The van der Waals surface area contributed by atoms with Gasteiger partial charge in [-0.1, -0.05) is 25.5 Å². The zero-order chi connectivity index (χ0) is 22.1. The van der Waals surface area contributed by atoms with E-state index < -0.39 is 10.0 Å². The molecule has 1 aromatic carbocycles. The van der Waals surface area contributed by atoms with E-state index in [1.807, 2.05) is 17.0 Å². The molecule has 0 atom stereocenters. The van der Waals surface area contributed by atoms with Crippen LogP contribution in [0.5, 0.6) is 0 Å². The van der Waals surface area contributed by atoms with Crippen LogP contribution in [0, 0.1) is 0 Å². The molecule has 1 N–H and O–H groups in total. The second-order valence-corrected chi connectivity index (χ2v) is 10.5. The highest BCUT2D eigenvalue weighted by Gasteiger charge is 2.26. The first-order chi connectivity index (χ1) is 15.0. The predicted molar refractivity (Wildman–Crippen MR) is 124 cm³/mol. The van der Waals surface area contributed by atoms with Crippen LogP contribution in [0.15, 0.2) is 29.2 Å². The number of rotatable bonds is 10. The van der Waals surface area contributed by atoms with Gasteiger partial charge in [-0.2, -0.15) is 4.31 Å². The Labute approximate surface area is 187 Å². The van der Waals surface area contributed by atoms with E-state index in [-0.39, 0.29) is 18.9 Å². The fraction of sp³-hybridized carbons (Fsp3) is 0.696. The molecule has 0 unspecified atom stereocenters. The smallest absolute Gasteiger partial charge is 0.243 e. The molecule has 0 aromatic heterocycles. The number of likely N-dealkylation sites (tertiary alicyclic amines) is 1. The maximum absolute atomic E-state index is 13.4. The van der Waals surface area contributed by atoms with Crippen LogP contribution in [-0.2, 0) is 21.2 Å². The van der Waals surface area contributed by atoms with Gasteiger partial charge in [-0.25, -0.2) is 8.42 Å². The minimum absolute atomic E-state index is 0.0408. The Morgan fingerprint density at radius 1 is 1.00 bits per heavy atom. The molecule has 2 saturated heterocycles. The van der Waals surface area contributed by atoms with Crippen molar-refractivity contribution in [3.63, 3.8) is 0 Å². The van der Waals surface area contributed by atoms with Gasteiger partial charge in [-0.3, -0.25) is 4.79 Å². The molecule has 2 aliphatic heterocycles. The number of aryl methyl sites for hydroxylation is 1. The number of nitrogens with one attached hydrogen (secondary N) is 1. The third kappa shape index (κ3) is 7.00. The lowest BCUT2D eigenvalue weighted by atomic mass is 10.1. The molecule has 2 heterocycles. The molecule has 0 spiro atoms. The zero-order valence-corrected chi connectivity index (χ0v) is 19.7. The summed E-state index contributed by atoms with van der Waals surface area (Å²) in [5.41, 5.74) is 1.12. The molecular weight excluding hydrogens is 412 g/mol. The van der Waals surface area contributed by atoms with E-state index in [0.717, 1.165) is 51.1 Å². The minimum Gasteiger partial charge on any atom is -0.340 e. The van der Waals surface area contributed by atoms with Crippen molar-refractivity contribution in [2.75, 3.05) is 58.9 Å². The molecule has 0 aliphatic carbocycles. The van der Waals surface area contributed by atoms with Gasteiger partial charge in [0.1, 0.15) is 0 Å². The van der Waals surface area contributed by atoms with Crippen LogP contribution in [0.3, 0.4) is 0 Å². The largest absolute Gasteiger partial charge is 0.340 e. The summed E-state index contributed by atoms with van der Waals surface area (Å²) >= 11 is 0. The number of benzene rings is 1. The summed E-state index contributed by atoms with van der Waals surface area (Å²) in [6.45, 7) is 8.84. The maximum Gasteiger partial charge on any atom is 0.243 e. The Balaban J connectivity index is 1.64. The number of hydrogen-bond donors (Lipinski definition) is 1. The summed E-state index contributed by atoms with van der Waals surface area (Å²) in [7, 11) is -3.62. The summed E-state index contributed by atoms with van der Waals surface area (Å²) in [6.07, 6.45) is 5.64. The number of piperazine rings is 1. The Bertz CT molecular complexity index is 786. The topological polar surface area (TPSA) is 73.0 Å². The van der Waals surface area contributed by atoms with Crippen LogP contribution in [0.2, 0.25) is 0 Å². The average molecular weight is 451 g/mol. The quantitative estimate of drug-likeness (QED) is 0.590. The minimum atomic E-state index is -3.62. The molecule has 0 saturated carbocycles. The highest BCUT2D eigenvalue weighted by Crippen LogP contribution is 2.19. The molecule has 2 aliphatic rings. The van der Waals surface area contributed by atoms with E-state index in [4.69, 9.17) is 0 Å². The highest BCUT2D eigenvalue weighted by molar-refractivity contribution is 7.89. The van der Waals surface area contributed by atoms with Crippen molar-refractivity contribution < 1.29 is 13.2 Å². The Morgan fingerprint density at radius 3 is 2.32 bits per heavy atom. The Hall–Kier alpha value is -1.48. The van der Waals surface area contributed by atoms with Gasteiger partial charge in [0.25, 0.3) is 0 Å². The van der Waals surface area contributed by atoms with Crippen molar-refractivity contribution in [1.29, 1.82) is 0 Å². The second kappa shape index (κ2) is 11.9. The standard InChI is InChI=1S/C23H38N4O3S/c1-2-21-7-9-22(10-8-21)31(29,30)27(17-6-16-25-14-4-3-5-15-25)18-11-23(28)26-19-12-24-13-20-26/h7-10,24H,2-6,11-20H2,1H3. The van der Waals surface area contributed by atoms with Crippen molar-refractivity contribution in [2.45, 2.75) is 50.3 Å². The number of sulfonamides is 1. The van der Waals surface area contributed by atoms with Crippen molar-refractivity contribution in [3.05, 3.63) is 29.8 Å². The van der Waals surface area contributed by atoms with Crippen molar-refractivity contribution >= 4 is 15.9 Å². The SMILES string of the molecule is CCc1ccc(S(=O)(=O)N(CCCN2CCCCC2)CCC(=O)N2CCNCC2)cc1. The van der Waals surface area contributed by atoms with E-state index in [1.165, 1.54) is 23.6 Å². The van der Waals surface area contributed by atoms with Crippen LogP contribution < -0.4 is 5.32 Å². The van der Waals surface area contributed by atoms with Crippen LogP contribution >= 0.6 is 0 Å². The number of carbonyl (C=O) groups is 1. The molecule has 0 radical (unpaired) electrons. The van der Waals surface area contributed by atoms with Crippen molar-refractivity contribution in [3.8, 4) is 0 Å². The molecule has 174 valence electrons. The third-order valence-electron chi connectivity index (χ3n) is 6.34. The van der Waals surface area contributed by atoms with Crippen LogP contribution in [0.1, 0.15) is 44.6 Å². The van der Waals surface area contributed by atoms with E-state index in [0.29, 0.717) is 24.5 Å². The second-order valence-electron chi connectivity index (χ2n) is 8.54. The lowest BCUT2D eigenvalue weighted by Gasteiger charge is -2.30. The van der Waals surface area contributed by atoms with Gasteiger partial charge >= 0.3 is 0 Å². The average Bonchev–Trinajstić information content (AvgIpc) is 2.82. The molecule has 2 fully saturated rings. The van der Waals surface area contributed by atoms with Gasteiger partial charge in [0.15, 0.2) is 0 Å². The van der Waals surface area contributed by atoms with E-state index in [2.05, 4.69) is 17.1 Å². The fourth-order valence-electron chi connectivity index (χ4n) is 4.34. The highest BCUT2D eigenvalue weighted by atomic mass is 32.2. The summed E-state index contributed by atoms with van der Waals surface area (Å²) < 4.78 is 28.3. The summed E-state index contributed by atoms with van der Waals surface area (Å²) in [5.74, 6) is 0.0408. The number of carbonyl (C=O) groups excluding carboxylic acids is 1. The fourth-order valence-corrected chi connectivity index (χ4v) is 5.82. The molecule has 1 aromatic rings. The maximum atomic E-state index is 13.4. The molecule has 8 heteroatoms. The molecular formula is C23H38N4O3S. The molecule has 0 bridgehead atoms. The molecule has 31 heavy (non-hydrogen) atoms. The van der Waals surface area contributed by atoms with Gasteiger partial charge in [0, 0.05) is 45.7 Å². The Kier molecular flexibility index (Phi) is 9.31. The first kappa shape index (κ1) is 24.2. The first-order valence-corrected chi connectivity index (χ1v) is 13.2. The summed E-state index contributed by atoms with van der Waals surface area (Å²) in [6, 6.07) is 7.16. The monoisotopic (exact) mass is 450 g/mol. The summed E-state index contributed by atoms with van der Waals surface area (Å²) in [4.78, 5) is 17.2. The van der Waals surface area contributed by atoms with E-state index in [9.17, 15) is 13.2 Å². The van der Waals surface area contributed by atoms with E-state index >= 15 is 0 Å². The Morgan fingerprint density at radius 2 is 1.68 bits per heavy atom. The van der Waals surface area contributed by atoms with Gasteiger partial charge in [-0.15, -0.1) is 0 Å². The van der Waals surface area contributed by atoms with Gasteiger partial charge in [0.2, 0.25) is 15.9 Å². The van der Waals surface area contributed by atoms with E-state index in [1.54, 1.807) is 12.1 Å². The third-order valence-corrected chi connectivity index (χ3v) is 8.26. The van der Waals surface area contributed by atoms with Crippen molar-refractivity contribution in [2.24, 2.45) is 0 Å². The molecule has 1 amide bonds. The predicted octanol–water partition coefficient (Wildman–Crippen LogP) is 1.94. The number of piperidine rings is 1. The number of amides is 1. The van der Waals surface area contributed by atoms with Gasteiger partial charge < -0.3 is 15.1 Å². The normalized spacial score (nSPS) is 18.5. The van der Waals surface area contributed by atoms with Crippen molar-refractivity contribution in [1.82, 2.24) is 19.4 Å². The van der Waals surface area contributed by atoms with Crippen LogP contribution in [0.25, 0.3) is 0 Å². The van der Waals surface area contributed by atoms with Gasteiger partial charge in [0.05, 0.1) is 4.90 Å². The lowest BCUT2D eigenvalue weighted by molar-refractivity contribution is -0.131. The summed E-state index contributed by atoms with van der Waals surface area (Å²) in [5, 5.41) is 3.24. The zero-order valence-electron chi connectivity index (χ0n) is 18.9. The number of nitrogens with zero attached hydrogens (tertiary/aromatic N) is 3. The van der Waals surface area contributed by atoms with Crippen LogP contribution in [-0.4, -0.2) is 87.3 Å². The van der Waals surface area contributed by atoms with Crippen LogP contribution in [0.4, 0.5) is 0 Å². The molecule has 3 rings (SSSR count). The van der Waals surface area contributed by atoms with Gasteiger partial charge in [-0.05, 0) is 63.0 Å². The number of hydrogen-bond acceptors (Lipinski definition) is 5. The first-order valence-electron chi connectivity index (χ1n) is 11.8. The lowest BCUT2D eigenvalue weighted by Crippen LogP contribution is -2.47. The molecule has 7 nitrogen and oxygen atoms in total.